The van der Waals surface area contributed by atoms with Gasteiger partial charge in [-0.05, 0) is 44.0 Å². The third-order valence-corrected chi connectivity index (χ3v) is 3.18. The zero-order valence-corrected chi connectivity index (χ0v) is 12.1. The maximum absolute atomic E-state index is 6.10. The van der Waals surface area contributed by atoms with E-state index in [0.717, 1.165) is 48.2 Å². The predicted molar refractivity (Wildman–Crippen MR) is 75.8 cm³/mol. The van der Waals surface area contributed by atoms with E-state index in [1.165, 1.54) is 0 Å². The summed E-state index contributed by atoms with van der Waals surface area (Å²) in [5.74, 6) is 0.876. The number of rotatable bonds is 8. The smallest absolute Gasteiger partial charge is 0.119 e. The van der Waals surface area contributed by atoms with Crippen molar-refractivity contribution < 1.29 is 9.47 Å². The molecular weight excluding hydrogens is 250 g/mol. The van der Waals surface area contributed by atoms with Crippen LogP contribution < -0.4 is 10.1 Å². The maximum atomic E-state index is 6.10. The first-order valence-corrected chi connectivity index (χ1v) is 6.71. The van der Waals surface area contributed by atoms with Crippen molar-refractivity contribution in [3.63, 3.8) is 0 Å². The first-order chi connectivity index (χ1) is 8.65. The average molecular weight is 272 g/mol. The van der Waals surface area contributed by atoms with Gasteiger partial charge in [-0.25, -0.2) is 0 Å². The quantitative estimate of drug-likeness (QED) is 0.738. The fourth-order valence-corrected chi connectivity index (χ4v) is 1.75. The van der Waals surface area contributed by atoms with Crippen LogP contribution in [0.3, 0.4) is 0 Å². The van der Waals surface area contributed by atoms with Gasteiger partial charge in [0.1, 0.15) is 12.4 Å². The number of benzene rings is 1. The van der Waals surface area contributed by atoms with Gasteiger partial charge in [0.25, 0.3) is 0 Å². The van der Waals surface area contributed by atoms with Crippen molar-refractivity contribution in [3.8, 4) is 5.75 Å². The summed E-state index contributed by atoms with van der Waals surface area (Å²) in [5, 5.41) is 4.07. The van der Waals surface area contributed by atoms with Crippen molar-refractivity contribution >= 4 is 11.6 Å². The van der Waals surface area contributed by atoms with Crippen LogP contribution in [-0.4, -0.2) is 32.9 Å². The van der Waals surface area contributed by atoms with E-state index >= 15 is 0 Å². The lowest BCUT2D eigenvalue weighted by atomic mass is 10.1. The van der Waals surface area contributed by atoms with Gasteiger partial charge in [-0.2, -0.15) is 0 Å². The fraction of sp³-hybridized carbons (Fsp3) is 0.571. The molecule has 4 heteroatoms. The minimum absolute atomic E-state index is 0.645. The molecule has 0 unspecified atom stereocenters. The van der Waals surface area contributed by atoms with E-state index in [2.05, 4.69) is 5.32 Å². The van der Waals surface area contributed by atoms with E-state index < -0.39 is 0 Å². The molecule has 0 aliphatic heterocycles. The Kier molecular flexibility index (Phi) is 7.09. The lowest BCUT2D eigenvalue weighted by Crippen LogP contribution is -2.25. The molecule has 1 aromatic rings. The second kappa shape index (κ2) is 8.35. The Morgan fingerprint density at radius 1 is 1.11 bits per heavy atom. The molecule has 3 nitrogen and oxygen atoms in total. The van der Waals surface area contributed by atoms with Gasteiger partial charge < -0.3 is 14.8 Å². The van der Waals surface area contributed by atoms with E-state index in [1.807, 2.05) is 32.9 Å². The molecule has 0 radical (unpaired) electrons. The zero-order chi connectivity index (χ0) is 13.4. The summed E-state index contributed by atoms with van der Waals surface area (Å²) in [5.41, 5.74) is 2.10. The molecular formula is C14H22ClNO2. The molecule has 0 aliphatic carbocycles. The molecule has 18 heavy (non-hydrogen) atoms. The zero-order valence-electron chi connectivity index (χ0n) is 11.4. The third kappa shape index (κ3) is 5.25. The average Bonchev–Trinajstić information content (AvgIpc) is 2.34. The summed E-state index contributed by atoms with van der Waals surface area (Å²) in [6.07, 6.45) is 0. The van der Waals surface area contributed by atoms with E-state index in [-0.39, 0.29) is 0 Å². The Hall–Kier alpha value is -0.770. The van der Waals surface area contributed by atoms with Gasteiger partial charge >= 0.3 is 0 Å². The van der Waals surface area contributed by atoms with Crippen LogP contribution in [0.1, 0.15) is 18.1 Å². The Bertz CT molecular complexity index is 346. The van der Waals surface area contributed by atoms with Crippen LogP contribution in [0.4, 0.5) is 0 Å². The summed E-state index contributed by atoms with van der Waals surface area (Å²) in [7, 11) is 0. The SMILES string of the molecule is CCOCCNCCOc1cc(C)c(Cl)c(C)c1. The van der Waals surface area contributed by atoms with E-state index in [9.17, 15) is 0 Å². The highest BCUT2D eigenvalue weighted by atomic mass is 35.5. The number of hydrogen-bond acceptors (Lipinski definition) is 3. The molecule has 0 heterocycles. The summed E-state index contributed by atoms with van der Waals surface area (Å²) < 4.78 is 10.9. The molecule has 0 fully saturated rings. The second-order valence-electron chi connectivity index (χ2n) is 4.17. The van der Waals surface area contributed by atoms with Crippen molar-refractivity contribution in [2.45, 2.75) is 20.8 Å². The first kappa shape index (κ1) is 15.3. The number of hydrogen-bond donors (Lipinski definition) is 1. The van der Waals surface area contributed by atoms with E-state index in [0.29, 0.717) is 6.61 Å². The molecule has 0 spiro atoms. The van der Waals surface area contributed by atoms with Crippen molar-refractivity contribution in [2.75, 3.05) is 32.9 Å². The predicted octanol–water partition coefficient (Wildman–Crippen LogP) is 2.96. The summed E-state index contributed by atoms with van der Waals surface area (Å²) in [6.45, 7) is 9.80. The molecule has 1 aromatic carbocycles. The molecule has 1 N–H and O–H groups in total. The molecule has 1 rings (SSSR count). The molecule has 0 saturated heterocycles. The first-order valence-electron chi connectivity index (χ1n) is 6.33. The monoisotopic (exact) mass is 271 g/mol. The van der Waals surface area contributed by atoms with Gasteiger partial charge in [0.2, 0.25) is 0 Å². The molecule has 0 atom stereocenters. The minimum atomic E-state index is 0.645. The van der Waals surface area contributed by atoms with Gasteiger partial charge in [-0.1, -0.05) is 11.6 Å². The van der Waals surface area contributed by atoms with Crippen LogP contribution in [0.2, 0.25) is 5.02 Å². The lowest BCUT2D eigenvalue weighted by molar-refractivity contribution is 0.148. The van der Waals surface area contributed by atoms with E-state index in [1.54, 1.807) is 0 Å². The number of halogens is 1. The Morgan fingerprint density at radius 3 is 2.33 bits per heavy atom. The van der Waals surface area contributed by atoms with Crippen molar-refractivity contribution in [1.29, 1.82) is 0 Å². The Morgan fingerprint density at radius 2 is 1.72 bits per heavy atom. The number of aryl methyl sites for hydroxylation is 2. The van der Waals surface area contributed by atoms with Crippen LogP contribution in [0.5, 0.6) is 5.75 Å². The summed E-state index contributed by atoms with van der Waals surface area (Å²) >= 11 is 6.10. The summed E-state index contributed by atoms with van der Waals surface area (Å²) in [4.78, 5) is 0. The van der Waals surface area contributed by atoms with Gasteiger partial charge in [-0.3, -0.25) is 0 Å². The molecule has 0 aliphatic rings. The van der Waals surface area contributed by atoms with E-state index in [4.69, 9.17) is 21.1 Å². The van der Waals surface area contributed by atoms with Crippen LogP contribution in [-0.2, 0) is 4.74 Å². The Labute approximate surface area is 114 Å². The van der Waals surface area contributed by atoms with Crippen LogP contribution in [0.15, 0.2) is 12.1 Å². The third-order valence-electron chi connectivity index (χ3n) is 2.58. The van der Waals surface area contributed by atoms with Crippen LogP contribution in [0, 0.1) is 13.8 Å². The number of ether oxygens (including phenoxy) is 2. The van der Waals surface area contributed by atoms with Crippen molar-refractivity contribution in [1.82, 2.24) is 5.32 Å². The second-order valence-corrected chi connectivity index (χ2v) is 4.54. The Balaban J connectivity index is 2.23. The maximum Gasteiger partial charge on any atom is 0.119 e. The highest BCUT2D eigenvalue weighted by Crippen LogP contribution is 2.25. The molecule has 0 amide bonds. The minimum Gasteiger partial charge on any atom is -0.492 e. The largest absolute Gasteiger partial charge is 0.492 e. The molecule has 0 aromatic heterocycles. The standard InChI is InChI=1S/C14H22ClNO2/c1-4-17-7-5-16-6-8-18-13-9-11(2)14(15)12(3)10-13/h9-10,16H,4-8H2,1-3H3. The van der Waals surface area contributed by atoms with Crippen LogP contribution >= 0.6 is 11.6 Å². The highest BCUT2D eigenvalue weighted by Gasteiger charge is 2.03. The molecule has 102 valence electrons. The fourth-order valence-electron chi connectivity index (χ4n) is 1.64. The topological polar surface area (TPSA) is 30.5 Å². The van der Waals surface area contributed by atoms with Crippen LogP contribution in [0.25, 0.3) is 0 Å². The van der Waals surface area contributed by atoms with Gasteiger partial charge in [-0.15, -0.1) is 0 Å². The summed E-state index contributed by atoms with van der Waals surface area (Å²) in [6, 6.07) is 3.94. The van der Waals surface area contributed by atoms with Gasteiger partial charge in [0.05, 0.1) is 6.61 Å². The van der Waals surface area contributed by atoms with Crippen molar-refractivity contribution in [2.24, 2.45) is 0 Å². The lowest BCUT2D eigenvalue weighted by Gasteiger charge is -2.10. The normalized spacial score (nSPS) is 10.7. The highest BCUT2D eigenvalue weighted by molar-refractivity contribution is 6.32. The molecule has 0 bridgehead atoms. The number of nitrogens with one attached hydrogen (secondary N) is 1. The van der Waals surface area contributed by atoms with Gasteiger partial charge in [0.15, 0.2) is 0 Å². The van der Waals surface area contributed by atoms with Gasteiger partial charge in [0, 0.05) is 24.7 Å². The van der Waals surface area contributed by atoms with Crippen molar-refractivity contribution in [3.05, 3.63) is 28.3 Å². The molecule has 0 saturated carbocycles.